The summed E-state index contributed by atoms with van der Waals surface area (Å²) in [7, 11) is 0. The van der Waals surface area contributed by atoms with E-state index in [4.69, 9.17) is 27.6 Å². The lowest BCUT2D eigenvalue weighted by atomic mass is 10.3. The molecule has 0 unspecified atom stereocenters. The molecule has 118 valence electrons. The molecule has 0 aliphatic carbocycles. The summed E-state index contributed by atoms with van der Waals surface area (Å²) >= 11 is 13.1. The van der Waals surface area contributed by atoms with E-state index in [1.54, 1.807) is 25.1 Å². The fourth-order valence-corrected chi connectivity index (χ4v) is 3.26. The topological polar surface area (TPSA) is 55.1 Å². The summed E-state index contributed by atoms with van der Waals surface area (Å²) in [4.78, 5) is 16.6. The number of fused-ring (bicyclic) bond motifs is 1. The first-order valence-electron chi connectivity index (χ1n) is 6.80. The lowest BCUT2D eigenvalue weighted by Crippen LogP contribution is -2.22. The normalized spacial score (nSPS) is 12.3. The Hall–Kier alpha value is -1.69. The highest BCUT2D eigenvalue weighted by molar-refractivity contribution is 8.00. The monoisotopic (exact) mass is 366 g/mol. The number of thioether (sulfide) groups is 1. The predicted molar refractivity (Wildman–Crippen MR) is 94.4 cm³/mol. The molecule has 1 N–H and O–H groups in total. The largest absolute Gasteiger partial charge is 0.431 e. The van der Waals surface area contributed by atoms with E-state index >= 15 is 0 Å². The molecule has 0 radical (unpaired) electrons. The Morgan fingerprint density at radius 1 is 1.22 bits per heavy atom. The fourth-order valence-electron chi connectivity index (χ4n) is 1.98. The van der Waals surface area contributed by atoms with E-state index in [1.165, 1.54) is 11.8 Å². The number of aromatic nitrogens is 1. The van der Waals surface area contributed by atoms with Crippen LogP contribution in [0.4, 0.5) is 5.69 Å². The third-order valence-electron chi connectivity index (χ3n) is 3.05. The van der Waals surface area contributed by atoms with Crippen LogP contribution in [0.15, 0.2) is 52.1 Å². The van der Waals surface area contributed by atoms with E-state index in [2.05, 4.69) is 10.3 Å². The second kappa shape index (κ2) is 6.83. The van der Waals surface area contributed by atoms with Crippen LogP contribution in [0.2, 0.25) is 10.0 Å². The molecule has 1 aromatic heterocycles. The van der Waals surface area contributed by atoms with Crippen LogP contribution in [0.3, 0.4) is 0 Å². The standard InChI is InChI=1S/C16H12Cl2N2O2S/c1-9(15(21)19-12-7-10(17)6-11(18)8-12)23-16-20-13-4-2-3-5-14(13)22-16/h2-9H,1H3,(H,19,21)/t9-/m1/s1. The lowest BCUT2D eigenvalue weighted by Gasteiger charge is -2.10. The van der Waals surface area contributed by atoms with E-state index in [9.17, 15) is 4.79 Å². The highest BCUT2D eigenvalue weighted by atomic mass is 35.5. The molecule has 0 fully saturated rings. The van der Waals surface area contributed by atoms with Gasteiger partial charge in [0.15, 0.2) is 5.58 Å². The van der Waals surface area contributed by atoms with Gasteiger partial charge in [0.1, 0.15) is 5.52 Å². The Balaban J connectivity index is 1.69. The Morgan fingerprint density at radius 3 is 2.61 bits per heavy atom. The van der Waals surface area contributed by atoms with Crippen LogP contribution in [0, 0.1) is 0 Å². The molecule has 0 saturated carbocycles. The zero-order chi connectivity index (χ0) is 16.4. The van der Waals surface area contributed by atoms with Crippen molar-refractivity contribution in [3.8, 4) is 0 Å². The van der Waals surface area contributed by atoms with Gasteiger partial charge in [-0.05, 0) is 37.3 Å². The Bertz CT molecular complexity index is 813. The van der Waals surface area contributed by atoms with Gasteiger partial charge in [-0.15, -0.1) is 0 Å². The number of oxazole rings is 1. The molecule has 0 aliphatic rings. The number of rotatable bonds is 4. The van der Waals surface area contributed by atoms with Crippen LogP contribution < -0.4 is 5.32 Å². The summed E-state index contributed by atoms with van der Waals surface area (Å²) < 4.78 is 5.61. The third-order valence-corrected chi connectivity index (χ3v) is 4.43. The first-order chi connectivity index (χ1) is 11.0. The first kappa shape index (κ1) is 16.2. The van der Waals surface area contributed by atoms with Crippen LogP contribution in [0.5, 0.6) is 0 Å². The Morgan fingerprint density at radius 2 is 1.91 bits per heavy atom. The van der Waals surface area contributed by atoms with Crippen LogP contribution in [-0.2, 0) is 4.79 Å². The average molecular weight is 367 g/mol. The van der Waals surface area contributed by atoms with Gasteiger partial charge in [0.2, 0.25) is 5.91 Å². The van der Waals surface area contributed by atoms with Gasteiger partial charge in [0, 0.05) is 15.7 Å². The van der Waals surface area contributed by atoms with E-state index in [1.807, 2.05) is 24.3 Å². The molecule has 0 bridgehead atoms. The van der Waals surface area contributed by atoms with E-state index in [-0.39, 0.29) is 11.2 Å². The number of amides is 1. The van der Waals surface area contributed by atoms with Crippen LogP contribution >= 0.6 is 35.0 Å². The second-order valence-corrected chi connectivity index (χ2v) is 7.02. The molecule has 1 amide bonds. The highest BCUT2D eigenvalue weighted by Gasteiger charge is 2.18. The molecular formula is C16H12Cl2N2O2S. The van der Waals surface area contributed by atoms with Gasteiger partial charge in [-0.25, -0.2) is 4.98 Å². The van der Waals surface area contributed by atoms with E-state index in [0.717, 1.165) is 5.52 Å². The van der Waals surface area contributed by atoms with E-state index < -0.39 is 0 Å². The van der Waals surface area contributed by atoms with Gasteiger partial charge in [0.05, 0.1) is 5.25 Å². The zero-order valence-corrected chi connectivity index (χ0v) is 14.4. The van der Waals surface area contributed by atoms with Crippen molar-refractivity contribution >= 4 is 57.7 Å². The number of carbonyl (C=O) groups is 1. The second-order valence-electron chi connectivity index (χ2n) is 4.85. The molecule has 23 heavy (non-hydrogen) atoms. The number of benzene rings is 2. The van der Waals surface area contributed by atoms with Crippen LogP contribution in [0.1, 0.15) is 6.92 Å². The summed E-state index contributed by atoms with van der Waals surface area (Å²) in [5, 5.41) is 3.78. The summed E-state index contributed by atoms with van der Waals surface area (Å²) in [6, 6.07) is 12.4. The number of carbonyl (C=O) groups excluding carboxylic acids is 1. The molecule has 2 aromatic carbocycles. The number of hydrogen-bond acceptors (Lipinski definition) is 4. The molecule has 4 nitrogen and oxygen atoms in total. The van der Waals surface area contributed by atoms with Gasteiger partial charge >= 0.3 is 0 Å². The Labute approximate surface area is 147 Å². The van der Waals surface area contributed by atoms with Crippen molar-refractivity contribution in [2.75, 3.05) is 5.32 Å². The third kappa shape index (κ3) is 3.99. The maximum Gasteiger partial charge on any atom is 0.257 e. The van der Waals surface area contributed by atoms with Crippen molar-refractivity contribution in [3.63, 3.8) is 0 Å². The van der Waals surface area contributed by atoms with Gasteiger partial charge in [-0.2, -0.15) is 0 Å². The minimum atomic E-state index is -0.388. The summed E-state index contributed by atoms with van der Waals surface area (Å²) in [5.74, 6) is -0.185. The maximum absolute atomic E-state index is 12.3. The first-order valence-corrected chi connectivity index (χ1v) is 8.44. The van der Waals surface area contributed by atoms with Crippen molar-refractivity contribution in [2.24, 2.45) is 0 Å². The maximum atomic E-state index is 12.3. The van der Waals surface area contributed by atoms with Gasteiger partial charge in [-0.1, -0.05) is 47.1 Å². The lowest BCUT2D eigenvalue weighted by molar-refractivity contribution is -0.115. The minimum Gasteiger partial charge on any atom is -0.431 e. The number of nitrogens with one attached hydrogen (secondary N) is 1. The number of anilines is 1. The zero-order valence-electron chi connectivity index (χ0n) is 12.0. The van der Waals surface area contributed by atoms with Crippen molar-refractivity contribution in [1.82, 2.24) is 4.98 Å². The molecule has 0 spiro atoms. The number of halogens is 2. The molecule has 7 heteroatoms. The van der Waals surface area contributed by atoms with Gasteiger partial charge in [-0.3, -0.25) is 4.79 Å². The van der Waals surface area contributed by atoms with Crippen LogP contribution in [-0.4, -0.2) is 16.1 Å². The van der Waals surface area contributed by atoms with Crippen molar-refractivity contribution in [2.45, 2.75) is 17.4 Å². The smallest absolute Gasteiger partial charge is 0.257 e. The summed E-state index contributed by atoms with van der Waals surface area (Å²) in [6.45, 7) is 1.78. The average Bonchev–Trinajstić information content (AvgIpc) is 2.88. The fraction of sp³-hybridized carbons (Fsp3) is 0.125. The number of hydrogen-bond donors (Lipinski definition) is 1. The summed E-state index contributed by atoms with van der Waals surface area (Å²) in [6.07, 6.45) is 0. The van der Waals surface area contributed by atoms with E-state index in [0.29, 0.717) is 26.5 Å². The quantitative estimate of drug-likeness (QED) is 0.640. The van der Waals surface area contributed by atoms with Crippen molar-refractivity contribution < 1.29 is 9.21 Å². The summed E-state index contributed by atoms with van der Waals surface area (Å²) in [5.41, 5.74) is 2.02. The molecular weight excluding hydrogens is 355 g/mol. The van der Waals surface area contributed by atoms with Crippen molar-refractivity contribution in [3.05, 3.63) is 52.5 Å². The van der Waals surface area contributed by atoms with Crippen molar-refractivity contribution in [1.29, 1.82) is 0 Å². The molecule has 0 aliphatic heterocycles. The number of nitrogens with zero attached hydrogens (tertiary/aromatic N) is 1. The molecule has 0 saturated heterocycles. The molecule has 1 heterocycles. The SMILES string of the molecule is C[C@@H](Sc1nc2ccccc2o1)C(=O)Nc1cc(Cl)cc(Cl)c1. The highest BCUT2D eigenvalue weighted by Crippen LogP contribution is 2.28. The molecule has 1 atom stereocenters. The molecule has 3 rings (SSSR count). The minimum absolute atomic E-state index is 0.185. The van der Waals surface area contributed by atoms with Gasteiger partial charge in [0.25, 0.3) is 5.22 Å². The Kier molecular flexibility index (Phi) is 4.80. The molecule has 3 aromatic rings. The number of para-hydroxylation sites is 2. The predicted octanol–water partition coefficient (Wildman–Crippen LogP) is 5.25. The van der Waals surface area contributed by atoms with Crippen LogP contribution in [0.25, 0.3) is 11.1 Å². The van der Waals surface area contributed by atoms with Gasteiger partial charge < -0.3 is 9.73 Å².